The second-order valence-electron chi connectivity index (χ2n) is 3.31. The molecule has 0 saturated carbocycles. The van der Waals surface area contributed by atoms with Crippen LogP contribution in [0.25, 0.3) is 10.6 Å². The van der Waals surface area contributed by atoms with Crippen LogP contribution >= 0.6 is 22.9 Å². The molecule has 0 atom stereocenters. The smallest absolute Gasteiger partial charge is 0.123 e. The van der Waals surface area contributed by atoms with E-state index in [9.17, 15) is 0 Å². The third kappa shape index (κ3) is 2.54. The highest BCUT2D eigenvalue weighted by Crippen LogP contribution is 2.26. The van der Waals surface area contributed by atoms with E-state index in [0.29, 0.717) is 5.88 Å². The number of aryl methyl sites for hydroxylation is 1. The second kappa shape index (κ2) is 5.32. The van der Waals surface area contributed by atoms with Crippen molar-refractivity contribution in [3.63, 3.8) is 0 Å². The predicted octanol–water partition coefficient (Wildman–Crippen LogP) is 3.60. The average Bonchev–Trinajstić information content (AvgIpc) is 2.78. The number of benzene rings is 1. The molecule has 0 saturated heterocycles. The molecule has 2 aromatic rings. The zero-order chi connectivity index (χ0) is 11.4. The van der Waals surface area contributed by atoms with Crippen molar-refractivity contribution < 1.29 is 4.74 Å². The quantitative estimate of drug-likeness (QED) is 0.777. The fourth-order valence-corrected chi connectivity index (χ4v) is 2.45. The Kier molecular flexibility index (Phi) is 3.80. The Hall–Kier alpha value is -1.06. The van der Waals surface area contributed by atoms with Gasteiger partial charge >= 0.3 is 0 Å². The fraction of sp³-hybridized carbons (Fsp3) is 0.250. The number of halogens is 1. The minimum atomic E-state index is 0.612. The van der Waals surface area contributed by atoms with E-state index in [1.54, 1.807) is 18.4 Å². The number of ether oxygens (including phenoxy) is 1. The van der Waals surface area contributed by atoms with E-state index in [1.165, 1.54) is 0 Å². The van der Waals surface area contributed by atoms with Crippen LogP contribution < -0.4 is 4.74 Å². The Bertz CT molecular complexity index is 470. The highest BCUT2D eigenvalue weighted by Gasteiger charge is 2.05. The predicted molar refractivity (Wildman–Crippen MR) is 68.5 cm³/mol. The lowest BCUT2D eigenvalue weighted by Gasteiger charge is -2.01. The lowest BCUT2D eigenvalue weighted by atomic mass is 10.2. The van der Waals surface area contributed by atoms with Crippen molar-refractivity contribution in [2.24, 2.45) is 0 Å². The highest BCUT2D eigenvalue weighted by molar-refractivity contribution is 7.13. The van der Waals surface area contributed by atoms with Gasteiger partial charge < -0.3 is 4.74 Å². The third-order valence-corrected chi connectivity index (χ3v) is 3.35. The van der Waals surface area contributed by atoms with E-state index in [-0.39, 0.29) is 0 Å². The Morgan fingerprint density at radius 3 is 3.06 bits per heavy atom. The van der Waals surface area contributed by atoms with Crippen molar-refractivity contribution in [1.82, 2.24) is 4.98 Å². The minimum Gasteiger partial charge on any atom is -0.497 e. The topological polar surface area (TPSA) is 22.1 Å². The molecular weight excluding hydrogens is 242 g/mol. The molecule has 0 aliphatic rings. The maximum Gasteiger partial charge on any atom is 0.123 e. The average molecular weight is 254 g/mol. The van der Waals surface area contributed by atoms with Crippen LogP contribution in [0.4, 0.5) is 0 Å². The van der Waals surface area contributed by atoms with Gasteiger partial charge in [0, 0.05) is 23.2 Å². The van der Waals surface area contributed by atoms with E-state index >= 15 is 0 Å². The van der Waals surface area contributed by atoms with Crippen molar-refractivity contribution in [3.05, 3.63) is 35.3 Å². The second-order valence-corrected chi connectivity index (χ2v) is 4.55. The molecule has 2 rings (SSSR count). The van der Waals surface area contributed by atoms with Crippen molar-refractivity contribution in [3.8, 4) is 16.3 Å². The monoisotopic (exact) mass is 253 g/mol. The maximum absolute atomic E-state index is 5.68. The first-order chi connectivity index (χ1) is 7.83. The van der Waals surface area contributed by atoms with Crippen LogP contribution in [0.3, 0.4) is 0 Å². The lowest BCUT2D eigenvalue weighted by Crippen LogP contribution is -1.86. The number of hydrogen-bond donors (Lipinski definition) is 0. The Balaban J connectivity index is 2.27. The van der Waals surface area contributed by atoms with Gasteiger partial charge in [0.15, 0.2) is 0 Å². The minimum absolute atomic E-state index is 0.612. The molecule has 0 aliphatic carbocycles. The summed E-state index contributed by atoms with van der Waals surface area (Å²) in [6.45, 7) is 0. The van der Waals surface area contributed by atoms with E-state index in [0.717, 1.165) is 28.4 Å². The first kappa shape index (κ1) is 11.4. The molecule has 2 nitrogen and oxygen atoms in total. The van der Waals surface area contributed by atoms with Gasteiger partial charge in [-0.2, -0.15) is 0 Å². The van der Waals surface area contributed by atoms with Crippen molar-refractivity contribution >= 4 is 22.9 Å². The molecule has 0 radical (unpaired) electrons. The zero-order valence-corrected chi connectivity index (χ0v) is 10.5. The molecule has 0 unspecified atom stereocenters. The molecule has 0 bridgehead atoms. The molecule has 0 N–H and O–H groups in total. The van der Waals surface area contributed by atoms with Gasteiger partial charge in [-0.3, -0.25) is 0 Å². The van der Waals surface area contributed by atoms with Gasteiger partial charge in [0.05, 0.1) is 12.8 Å². The summed E-state index contributed by atoms with van der Waals surface area (Å²) in [4.78, 5) is 4.52. The summed E-state index contributed by atoms with van der Waals surface area (Å²) in [6, 6.07) is 7.92. The van der Waals surface area contributed by atoms with Crippen molar-refractivity contribution in [2.45, 2.75) is 6.42 Å². The summed E-state index contributed by atoms with van der Waals surface area (Å²) >= 11 is 7.32. The van der Waals surface area contributed by atoms with Crippen LogP contribution in [0, 0.1) is 0 Å². The van der Waals surface area contributed by atoms with E-state index < -0.39 is 0 Å². The van der Waals surface area contributed by atoms with Gasteiger partial charge in [-0.15, -0.1) is 22.9 Å². The molecule has 4 heteroatoms. The van der Waals surface area contributed by atoms with E-state index in [4.69, 9.17) is 16.3 Å². The highest BCUT2D eigenvalue weighted by atomic mass is 35.5. The first-order valence-electron chi connectivity index (χ1n) is 4.98. The fourth-order valence-electron chi connectivity index (χ4n) is 1.41. The molecule has 0 aliphatic heterocycles. The van der Waals surface area contributed by atoms with Gasteiger partial charge in [-0.05, 0) is 12.1 Å². The summed E-state index contributed by atoms with van der Waals surface area (Å²) in [5.41, 5.74) is 2.14. The van der Waals surface area contributed by atoms with Crippen LogP contribution in [0.15, 0.2) is 29.6 Å². The number of methoxy groups -OCH3 is 1. The van der Waals surface area contributed by atoms with E-state index in [2.05, 4.69) is 10.4 Å². The first-order valence-corrected chi connectivity index (χ1v) is 6.39. The lowest BCUT2D eigenvalue weighted by molar-refractivity contribution is 0.415. The van der Waals surface area contributed by atoms with Gasteiger partial charge in [0.1, 0.15) is 10.8 Å². The van der Waals surface area contributed by atoms with Crippen LogP contribution in [-0.2, 0) is 6.42 Å². The van der Waals surface area contributed by atoms with Crippen LogP contribution in [0.2, 0.25) is 0 Å². The van der Waals surface area contributed by atoms with Gasteiger partial charge in [0.2, 0.25) is 0 Å². The molecule has 0 fully saturated rings. The van der Waals surface area contributed by atoms with Crippen molar-refractivity contribution in [1.29, 1.82) is 0 Å². The number of rotatable bonds is 4. The molecule has 16 heavy (non-hydrogen) atoms. The van der Waals surface area contributed by atoms with Crippen molar-refractivity contribution in [2.75, 3.05) is 13.0 Å². The van der Waals surface area contributed by atoms with Gasteiger partial charge in [0.25, 0.3) is 0 Å². The van der Waals surface area contributed by atoms with E-state index in [1.807, 2.05) is 24.3 Å². The zero-order valence-electron chi connectivity index (χ0n) is 8.94. The summed E-state index contributed by atoms with van der Waals surface area (Å²) in [5, 5.41) is 3.07. The van der Waals surface area contributed by atoms with Crippen LogP contribution in [0.1, 0.15) is 5.69 Å². The summed E-state index contributed by atoms with van der Waals surface area (Å²) in [6.07, 6.45) is 0.821. The summed E-state index contributed by atoms with van der Waals surface area (Å²) < 4.78 is 5.19. The number of thiazole rings is 1. The van der Waals surface area contributed by atoms with Gasteiger partial charge in [-0.25, -0.2) is 4.98 Å². The third-order valence-electron chi connectivity index (χ3n) is 2.22. The SMILES string of the molecule is COc1cccc(-c2nc(CCCl)cs2)c1. The largest absolute Gasteiger partial charge is 0.497 e. The molecule has 1 heterocycles. The number of hydrogen-bond acceptors (Lipinski definition) is 3. The number of aromatic nitrogens is 1. The Labute approximate surface area is 104 Å². The maximum atomic E-state index is 5.68. The normalized spacial score (nSPS) is 10.4. The number of nitrogens with zero attached hydrogens (tertiary/aromatic N) is 1. The van der Waals surface area contributed by atoms with Gasteiger partial charge in [-0.1, -0.05) is 12.1 Å². The Morgan fingerprint density at radius 1 is 1.44 bits per heavy atom. The molecule has 84 valence electrons. The molecule has 0 spiro atoms. The van der Waals surface area contributed by atoms with Crippen LogP contribution in [-0.4, -0.2) is 18.0 Å². The molecular formula is C12H12ClNOS. The Morgan fingerprint density at radius 2 is 2.31 bits per heavy atom. The molecule has 0 amide bonds. The molecule has 1 aromatic carbocycles. The van der Waals surface area contributed by atoms with Crippen LogP contribution in [0.5, 0.6) is 5.75 Å². The standard InChI is InChI=1S/C12H12ClNOS/c1-15-11-4-2-3-9(7-11)12-14-10(5-6-13)8-16-12/h2-4,7-8H,5-6H2,1H3. The number of alkyl halides is 1. The summed E-state index contributed by atoms with van der Waals surface area (Å²) in [7, 11) is 1.67. The summed E-state index contributed by atoms with van der Waals surface area (Å²) in [5.74, 6) is 1.47. The molecule has 1 aromatic heterocycles.